The van der Waals surface area contributed by atoms with E-state index < -0.39 is 5.97 Å². The summed E-state index contributed by atoms with van der Waals surface area (Å²) in [6, 6.07) is 3.84. The van der Waals surface area contributed by atoms with Crippen LogP contribution in [0.1, 0.15) is 35.2 Å². The molecule has 1 aliphatic heterocycles. The number of carbonyl (C=O) groups is 1. The summed E-state index contributed by atoms with van der Waals surface area (Å²) in [6.07, 6.45) is 3.18. The normalized spacial score (nSPS) is 18.9. The van der Waals surface area contributed by atoms with E-state index in [0.717, 1.165) is 37.1 Å². The van der Waals surface area contributed by atoms with E-state index in [1.165, 1.54) is 7.11 Å². The lowest BCUT2D eigenvalue weighted by molar-refractivity contribution is 0.0602. The third-order valence-corrected chi connectivity index (χ3v) is 3.95. The Morgan fingerprint density at radius 2 is 2.25 bits per heavy atom. The van der Waals surface area contributed by atoms with Gasteiger partial charge in [-0.3, -0.25) is 0 Å². The third kappa shape index (κ3) is 2.72. The van der Waals surface area contributed by atoms with Crippen molar-refractivity contribution >= 4 is 17.3 Å². The largest absolute Gasteiger partial charge is 0.465 e. The minimum Gasteiger partial charge on any atom is -0.465 e. The molecule has 110 valence electrons. The van der Waals surface area contributed by atoms with E-state index in [2.05, 4.69) is 4.90 Å². The number of aryl methyl sites for hydroxylation is 1. The predicted octanol–water partition coefficient (Wildman–Crippen LogP) is 1.72. The summed E-state index contributed by atoms with van der Waals surface area (Å²) in [5.41, 5.74) is 8.58. The molecule has 5 heteroatoms. The lowest BCUT2D eigenvalue weighted by atomic mass is 9.99. The van der Waals surface area contributed by atoms with E-state index in [9.17, 15) is 9.90 Å². The van der Waals surface area contributed by atoms with Gasteiger partial charge in [0.1, 0.15) is 0 Å². The highest BCUT2D eigenvalue weighted by atomic mass is 16.5. The van der Waals surface area contributed by atoms with Crippen LogP contribution in [0.5, 0.6) is 0 Å². The van der Waals surface area contributed by atoms with Crippen molar-refractivity contribution in [3.63, 3.8) is 0 Å². The summed E-state index contributed by atoms with van der Waals surface area (Å²) in [4.78, 5) is 14.0. The Kier molecular flexibility index (Phi) is 4.49. The van der Waals surface area contributed by atoms with Gasteiger partial charge in [0.2, 0.25) is 0 Å². The van der Waals surface area contributed by atoms with Crippen LogP contribution in [0.25, 0.3) is 0 Å². The van der Waals surface area contributed by atoms with Gasteiger partial charge in [-0.25, -0.2) is 4.79 Å². The first-order chi connectivity index (χ1) is 9.58. The number of anilines is 2. The van der Waals surface area contributed by atoms with Gasteiger partial charge in [0.05, 0.1) is 25.3 Å². The number of rotatable bonds is 3. The fourth-order valence-electron chi connectivity index (χ4n) is 2.75. The number of nitrogen functional groups attached to an aromatic ring is 1. The molecule has 0 spiro atoms. The van der Waals surface area contributed by atoms with Gasteiger partial charge < -0.3 is 20.5 Å². The van der Waals surface area contributed by atoms with E-state index in [1.54, 1.807) is 6.07 Å². The van der Waals surface area contributed by atoms with Crippen molar-refractivity contribution in [2.45, 2.75) is 32.2 Å². The van der Waals surface area contributed by atoms with E-state index >= 15 is 0 Å². The first-order valence-electron chi connectivity index (χ1n) is 6.94. The van der Waals surface area contributed by atoms with Crippen molar-refractivity contribution in [3.05, 3.63) is 23.3 Å². The quantitative estimate of drug-likeness (QED) is 0.650. The first-order valence-corrected chi connectivity index (χ1v) is 6.94. The molecule has 3 N–H and O–H groups in total. The monoisotopic (exact) mass is 278 g/mol. The molecule has 1 saturated heterocycles. The average Bonchev–Trinajstić information content (AvgIpc) is 2.49. The Morgan fingerprint density at radius 1 is 1.50 bits per heavy atom. The molecule has 0 bridgehead atoms. The van der Waals surface area contributed by atoms with Crippen molar-refractivity contribution in [3.8, 4) is 0 Å². The van der Waals surface area contributed by atoms with E-state index in [4.69, 9.17) is 10.5 Å². The van der Waals surface area contributed by atoms with Crippen LogP contribution in [0.2, 0.25) is 0 Å². The number of nitrogens with two attached hydrogens (primary N) is 1. The number of ether oxygens (including phenoxy) is 1. The van der Waals surface area contributed by atoms with E-state index in [-0.39, 0.29) is 12.6 Å². The van der Waals surface area contributed by atoms with Crippen molar-refractivity contribution in [2.24, 2.45) is 0 Å². The predicted molar refractivity (Wildman–Crippen MR) is 79.0 cm³/mol. The highest BCUT2D eigenvalue weighted by Crippen LogP contribution is 2.30. The Balaban J connectivity index is 2.41. The van der Waals surface area contributed by atoms with Gasteiger partial charge in [0.15, 0.2) is 0 Å². The first kappa shape index (κ1) is 14.7. The number of benzene rings is 1. The van der Waals surface area contributed by atoms with Crippen molar-refractivity contribution in [2.75, 3.05) is 30.9 Å². The number of hydrogen-bond acceptors (Lipinski definition) is 5. The molecule has 1 aliphatic rings. The molecule has 1 heterocycles. The summed E-state index contributed by atoms with van der Waals surface area (Å²) in [5.74, 6) is -0.426. The van der Waals surface area contributed by atoms with Crippen LogP contribution in [-0.2, 0) is 4.74 Å². The number of esters is 1. The Labute approximate surface area is 119 Å². The zero-order chi connectivity index (χ0) is 14.7. The molecule has 0 amide bonds. The van der Waals surface area contributed by atoms with Gasteiger partial charge in [-0.05, 0) is 43.9 Å². The maximum atomic E-state index is 11.8. The zero-order valence-electron chi connectivity index (χ0n) is 12.1. The molecule has 0 aliphatic carbocycles. The lowest BCUT2D eigenvalue weighted by Gasteiger charge is -2.37. The second-order valence-corrected chi connectivity index (χ2v) is 5.24. The Morgan fingerprint density at radius 3 is 2.90 bits per heavy atom. The second kappa shape index (κ2) is 6.13. The fraction of sp³-hybridized carbons (Fsp3) is 0.533. The van der Waals surface area contributed by atoms with Crippen LogP contribution in [0, 0.1) is 6.92 Å². The molecule has 1 aromatic carbocycles. The molecule has 2 rings (SSSR count). The summed E-state index contributed by atoms with van der Waals surface area (Å²) in [6.45, 7) is 2.88. The van der Waals surface area contributed by atoms with Gasteiger partial charge in [0, 0.05) is 17.9 Å². The van der Waals surface area contributed by atoms with Gasteiger partial charge >= 0.3 is 5.97 Å². The molecule has 1 atom stereocenters. The maximum absolute atomic E-state index is 11.8. The number of aliphatic hydroxyl groups is 1. The number of piperidine rings is 1. The van der Waals surface area contributed by atoms with Gasteiger partial charge in [-0.2, -0.15) is 0 Å². The SMILES string of the molecule is COC(=O)c1cc(N2CCCCC2CO)cc(C)c1N. The molecule has 0 saturated carbocycles. The maximum Gasteiger partial charge on any atom is 0.340 e. The van der Waals surface area contributed by atoms with Crippen LogP contribution < -0.4 is 10.6 Å². The Bertz CT molecular complexity index is 502. The summed E-state index contributed by atoms with van der Waals surface area (Å²) >= 11 is 0. The highest BCUT2D eigenvalue weighted by molar-refractivity contribution is 5.97. The van der Waals surface area contributed by atoms with E-state index in [1.807, 2.05) is 13.0 Å². The number of hydrogen-bond donors (Lipinski definition) is 2. The van der Waals surface area contributed by atoms with Crippen LogP contribution in [0.4, 0.5) is 11.4 Å². The van der Waals surface area contributed by atoms with Gasteiger partial charge in [-0.15, -0.1) is 0 Å². The average molecular weight is 278 g/mol. The molecule has 1 fully saturated rings. The topological polar surface area (TPSA) is 75.8 Å². The molecule has 1 unspecified atom stereocenters. The van der Waals surface area contributed by atoms with E-state index in [0.29, 0.717) is 11.3 Å². The van der Waals surface area contributed by atoms with Gasteiger partial charge in [-0.1, -0.05) is 0 Å². The summed E-state index contributed by atoms with van der Waals surface area (Å²) in [7, 11) is 1.35. The molecule has 5 nitrogen and oxygen atoms in total. The lowest BCUT2D eigenvalue weighted by Crippen LogP contribution is -2.42. The fourth-order valence-corrected chi connectivity index (χ4v) is 2.75. The van der Waals surface area contributed by atoms with Crippen LogP contribution in [-0.4, -0.2) is 37.4 Å². The zero-order valence-corrected chi connectivity index (χ0v) is 12.1. The molecule has 0 radical (unpaired) electrons. The third-order valence-electron chi connectivity index (χ3n) is 3.95. The number of methoxy groups -OCH3 is 1. The molecule has 20 heavy (non-hydrogen) atoms. The van der Waals surface area contributed by atoms with Crippen molar-refractivity contribution in [1.82, 2.24) is 0 Å². The van der Waals surface area contributed by atoms with Crippen molar-refractivity contribution < 1.29 is 14.6 Å². The summed E-state index contributed by atoms with van der Waals surface area (Å²) in [5, 5.41) is 9.51. The second-order valence-electron chi connectivity index (χ2n) is 5.24. The molecular formula is C15H22N2O3. The Hall–Kier alpha value is -1.75. The van der Waals surface area contributed by atoms with Crippen LogP contribution >= 0.6 is 0 Å². The van der Waals surface area contributed by atoms with Gasteiger partial charge in [0.25, 0.3) is 0 Å². The molecular weight excluding hydrogens is 256 g/mol. The van der Waals surface area contributed by atoms with Crippen LogP contribution in [0.3, 0.4) is 0 Å². The molecule has 0 aromatic heterocycles. The molecule has 1 aromatic rings. The van der Waals surface area contributed by atoms with Crippen molar-refractivity contribution in [1.29, 1.82) is 0 Å². The number of nitrogens with zero attached hydrogens (tertiary/aromatic N) is 1. The standard InChI is InChI=1S/C15H22N2O3/c1-10-7-12(8-13(14(10)16)15(19)20-2)17-6-4-3-5-11(17)9-18/h7-8,11,18H,3-6,9,16H2,1-2H3. The minimum absolute atomic E-state index is 0.109. The number of carbonyl (C=O) groups excluding carboxylic acids is 1. The summed E-state index contributed by atoms with van der Waals surface area (Å²) < 4.78 is 4.78. The minimum atomic E-state index is -0.426. The number of aliphatic hydroxyl groups excluding tert-OH is 1. The highest BCUT2D eigenvalue weighted by Gasteiger charge is 2.24. The smallest absolute Gasteiger partial charge is 0.340 e. The van der Waals surface area contributed by atoms with Crippen LogP contribution in [0.15, 0.2) is 12.1 Å².